The molecule has 5 rings (SSSR count). The van der Waals surface area contributed by atoms with Crippen molar-refractivity contribution in [2.45, 2.75) is 70.4 Å². The van der Waals surface area contributed by atoms with E-state index in [2.05, 4.69) is 13.8 Å². The zero-order valence-electron chi connectivity index (χ0n) is 15.1. The molecular formula is C20H30O4. The van der Waals surface area contributed by atoms with E-state index in [1.165, 1.54) is 12.8 Å². The molecule has 0 radical (unpaired) electrons. The van der Waals surface area contributed by atoms with Gasteiger partial charge in [-0.3, -0.25) is 0 Å². The minimum absolute atomic E-state index is 0.260. The standard InChI is InChI=1S/C20H30O4/c1-14-16-4-3-15-5-6-19(21-9-10-22-19)13-17(15)18(16,2)7-8-20(14)23-11-12-24-20/h14,16H,3-13H2,1-2H3/t14-,16-,18-/m0/s1. The van der Waals surface area contributed by atoms with E-state index >= 15 is 0 Å². The zero-order chi connectivity index (χ0) is 16.4. The summed E-state index contributed by atoms with van der Waals surface area (Å²) in [5.74, 6) is 0.466. The van der Waals surface area contributed by atoms with Gasteiger partial charge in [0.05, 0.1) is 26.4 Å². The van der Waals surface area contributed by atoms with Crippen molar-refractivity contribution in [3.63, 3.8) is 0 Å². The van der Waals surface area contributed by atoms with E-state index in [4.69, 9.17) is 18.9 Å². The Morgan fingerprint density at radius 2 is 1.58 bits per heavy atom. The predicted molar refractivity (Wildman–Crippen MR) is 89.4 cm³/mol. The Morgan fingerprint density at radius 3 is 2.33 bits per heavy atom. The van der Waals surface area contributed by atoms with Gasteiger partial charge in [0.15, 0.2) is 11.6 Å². The maximum absolute atomic E-state index is 6.13. The van der Waals surface area contributed by atoms with E-state index in [1.807, 2.05) is 0 Å². The molecule has 2 saturated heterocycles. The summed E-state index contributed by atoms with van der Waals surface area (Å²) in [6.45, 7) is 7.88. The molecule has 0 amide bonds. The fourth-order valence-corrected chi connectivity index (χ4v) is 6.46. The van der Waals surface area contributed by atoms with Crippen LogP contribution in [-0.2, 0) is 18.9 Å². The van der Waals surface area contributed by atoms with Crippen LogP contribution in [0.1, 0.15) is 58.8 Å². The van der Waals surface area contributed by atoms with Gasteiger partial charge in [-0.2, -0.15) is 0 Å². The molecule has 5 aliphatic rings. The first kappa shape index (κ1) is 15.8. The summed E-state index contributed by atoms with van der Waals surface area (Å²) in [6, 6.07) is 0. The fourth-order valence-electron chi connectivity index (χ4n) is 6.46. The first-order chi connectivity index (χ1) is 11.6. The number of hydrogen-bond acceptors (Lipinski definition) is 4. The van der Waals surface area contributed by atoms with Crippen molar-refractivity contribution >= 4 is 0 Å². The van der Waals surface area contributed by atoms with Crippen molar-refractivity contribution in [3.8, 4) is 0 Å². The van der Waals surface area contributed by atoms with E-state index in [-0.39, 0.29) is 17.0 Å². The zero-order valence-corrected chi connectivity index (χ0v) is 15.1. The molecule has 0 aromatic heterocycles. The maximum atomic E-state index is 6.13. The van der Waals surface area contributed by atoms with Gasteiger partial charge in [0.1, 0.15) is 0 Å². The molecule has 24 heavy (non-hydrogen) atoms. The lowest BCUT2D eigenvalue weighted by Crippen LogP contribution is -2.54. The van der Waals surface area contributed by atoms with Crippen molar-refractivity contribution in [2.24, 2.45) is 17.3 Å². The van der Waals surface area contributed by atoms with Gasteiger partial charge in [0, 0.05) is 25.2 Å². The Balaban J connectivity index is 1.48. The first-order valence-electron chi connectivity index (χ1n) is 9.84. The van der Waals surface area contributed by atoms with Crippen molar-refractivity contribution in [1.29, 1.82) is 0 Å². The Morgan fingerprint density at radius 1 is 0.875 bits per heavy atom. The van der Waals surface area contributed by atoms with Crippen LogP contribution in [0.4, 0.5) is 0 Å². The predicted octanol–water partition coefficient (Wildman–Crippen LogP) is 3.80. The van der Waals surface area contributed by atoms with Crippen LogP contribution in [0.25, 0.3) is 0 Å². The highest BCUT2D eigenvalue weighted by Crippen LogP contribution is 2.62. The van der Waals surface area contributed by atoms with Gasteiger partial charge < -0.3 is 18.9 Å². The van der Waals surface area contributed by atoms with Gasteiger partial charge in [-0.15, -0.1) is 0 Å². The minimum atomic E-state index is -0.317. The number of ether oxygens (including phenoxy) is 4. The third-order valence-corrected chi connectivity index (χ3v) is 7.83. The number of allylic oxidation sites excluding steroid dienone is 1. The lowest BCUT2D eigenvalue weighted by Gasteiger charge is -2.57. The molecule has 4 nitrogen and oxygen atoms in total. The summed E-state index contributed by atoms with van der Waals surface area (Å²) in [4.78, 5) is 0. The quantitative estimate of drug-likeness (QED) is 0.632. The van der Waals surface area contributed by atoms with Crippen LogP contribution in [0.3, 0.4) is 0 Å². The van der Waals surface area contributed by atoms with Crippen molar-refractivity contribution in [3.05, 3.63) is 11.1 Å². The highest BCUT2D eigenvalue weighted by atomic mass is 16.7. The molecule has 134 valence electrons. The normalized spacial score (nSPS) is 43.2. The summed E-state index contributed by atoms with van der Waals surface area (Å²) in [7, 11) is 0. The molecule has 1 saturated carbocycles. The Labute approximate surface area is 144 Å². The molecule has 3 aliphatic carbocycles. The topological polar surface area (TPSA) is 36.9 Å². The molecule has 0 N–H and O–H groups in total. The summed E-state index contributed by atoms with van der Waals surface area (Å²) >= 11 is 0. The van der Waals surface area contributed by atoms with Crippen LogP contribution in [0.5, 0.6) is 0 Å². The third-order valence-electron chi connectivity index (χ3n) is 7.83. The van der Waals surface area contributed by atoms with Gasteiger partial charge in [0.25, 0.3) is 0 Å². The molecule has 2 spiro atoms. The van der Waals surface area contributed by atoms with Gasteiger partial charge in [0.2, 0.25) is 0 Å². The average Bonchev–Trinajstić information content (AvgIpc) is 3.23. The summed E-state index contributed by atoms with van der Waals surface area (Å²) in [6.07, 6.45) is 7.88. The van der Waals surface area contributed by atoms with Crippen molar-refractivity contribution < 1.29 is 18.9 Å². The molecule has 3 atom stereocenters. The largest absolute Gasteiger partial charge is 0.347 e. The monoisotopic (exact) mass is 334 g/mol. The highest BCUT2D eigenvalue weighted by molar-refractivity contribution is 5.32. The molecule has 0 aromatic rings. The Kier molecular flexibility index (Phi) is 3.48. The van der Waals surface area contributed by atoms with E-state index in [0.717, 1.165) is 58.5 Å². The summed E-state index contributed by atoms with van der Waals surface area (Å²) in [5.41, 5.74) is 3.62. The fraction of sp³-hybridized carbons (Fsp3) is 0.900. The lowest BCUT2D eigenvalue weighted by atomic mass is 9.51. The number of fused-ring (bicyclic) bond motifs is 2. The second kappa shape index (κ2) is 5.29. The van der Waals surface area contributed by atoms with E-state index in [1.54, 1.807) is 11.1 Å². The molecule has 2 aliphatic heterocycles. The Bertz CT molecular complexity index is 556. The van der Waals surface area contributed by atoms with Crippen LogP contribution < -0.4 is 0 Å². The van der Waals surface area contributed by atoms with Gasteiger partial charge in [-0.25, -0.2) is 0 Å². The van der Waals surface area contributed by atoms with Crippen molar-refractivity contribution in [1.82, 2.24) is 0 Å². The molecule has 3 fully saturated rings. The summed E-state index contributed by atoms with van der Waals surface area (Å²) < 4.78 is 24.4. The van der Waals surface area contributed by atoms with Gasteiger partial charge >= 0.3 is 0 Å². The number of rotatable bonds is 0. The van der Waals surface area contributed by atoms with Crippen LogP contribution >= 0.6 is 0 Å². The average molecular weight is 334 g/mol. The first-order valence-corrected chi connectivity index (χ1v) is 9.84. The van der Waals surface area contributed by atoms with Crippen LogP contribution in [-0.4, -0.2) is 38.0 Å². The van der Waals surface area contributed by atoms with Crippen LogP contribution in [0.15, 0.2) is 11.1 Å². The van der Waals surface area contributed by atoms with Crippen LogP contribution in [0, 0.1) is 17.3 Å². The smallest absolute Gasteiger partial charge is 0.172 e. The lowest BCUT2D eigenvalue weighted by molar-refractivity contribution is -0.242. The second-order valence-corrected chi connectivity index (χ2v) is 8.73. The SMILES string of the molecule is C[C@H]1[C@@H]2CCC3=C(CC4(CC3)OCCO4)[C@@]2(C)CCC12OCCO2. The minimum Gasteiger partial charge on any atom is -0.347 e. The van der Waals surface area contributed by atoms with Crippen LogP contribution in [0.2, 0.25) is 0 Å². The van der Waals surface area contributed by atoms with Crippen molar-refractivity contribution in [2.75, 3.05) is 26.4 Å². The molecular weight excluding hydrogens is 304 g/mol. The van der Waals surface area contributed by atoms with E-state index in [0.29, 0.717) is 11.8 Å². The number of hydrogen-bond donors (Lipinski definition) is 0. The summed E-state index contributed by atoms with van der Waals surface area (Å²) in [5, 5.41) is 0. The van der Waals surface area contributed by atoms with E-state index < -0.39 is 0 Å². The second-order valence-electron chi connectivity index (χ2n) is 8.73. The molecule has 4 heteroatoms. The Hall–Kier alpha value is -0.420. The molecule has 0 bridgehead atoms. The van der Waals surface area contributed by atoms with E-state index in [9.17, 15) is 0 Å². The molecule has 2 heterocycles. The highest BCUT2D eigenvalue weighted by Gasteiger charge is 2.59. The molecule has 0 aromatic carbocycles. The molecule has 0 unspecified atom stereocenters. The maximum Gasteiger partial charge on any atom is 0.172 e. The van der Waals surface area contributed by atoms with Gasteiger partial charge in [-0.05, 0) is 37.0 Å². The van der Waals surface area contributed by atoms with Gasteiger partial charge in [-0.1, -0.05) is 25.0 Å². The third kappa shape index (κ3) is 2.06.